The SMILES string of the molecule is N#C[C@@H](C(=O)c1ccc(C(N)=O)cc1)c1nc2cc(C(F)(F)F)ccc2s1. The van der Waals surface area contributed by atoms with Gasteiger partial charge >= 0.3 is 6.18 Å². The molecule has 0 unspecified atom stereocenters. The van der Waals surface area contributed by atoms with E-state index in [-0.39, 0.29) is 21.7 Å². The van der Waals surface area contributed by atoms with Crippen LogP contribution in [0.3, 0.4) is 0 Å². The minimum Gasteiger partial charge on any atom is -0.366 e. The highest BCUT2D eigenvalue weighted by molar-refractivity contribution is 7.18. The molecule has 2 aromatic carbocycles. The number of Topliss-reactive ketones (excluding diaryl/α,β-unsaturated/α-hetero) is 1. The quantitative estimate of drug-likeness (QED) is 0.684. The molecular weight excluding hydrogens is 379 g/mol. The average molecular weight is 389 g/mol. The molecule has 0 spiro atoms. The van der Waals surface area contributed by atoms with E-state index in [0.29, 0.717) is 4.70 Å². The second kappa shape index (κ2) is 6.81. The summed E-state index contributed by atoms with van der Waals surface area (Å²) in [7, 11) is 0. The van der Waals surface area contributed by atoms with Crippen molar-refractivity contribution < 1.29 is 22.8 Å². The number of hydrogen-bond donors (Lipinski definition) is 1. The number of alkyl halides is 3. The lowest BCUT2D eigenvalue weighted by atomic mass is 9.98. The van der Waals surface area contributed by atoms with E-state index in [9.17, 15) is 28.0 Å². The average Bonchev–Trinajstić information content (AvgIpc) is 3.04. The van der Waals surface area contributed by atoms with Gasteiger partial charge in [0.1, 0.15) is 5.01 Å². The first kappa shape index (κ1) is 18.5. The summed E-state index contributed by atoms with van der Waals surface area (Å²) in [6.07, 6.45) is -4.51. The van der Waals surface area contributed by atoms with Crippen molar-refractivity contribution in [2.24, 2.45) is 5.73 Å². The van der Waals surface area contributed by atoms with Gasteiger partial charge in [-0.05, 0) is 30.3 Å². The molecule has 0 saturated heterocycles. The topological polar surface area (TPSA) is 96.8 Å². The maximum absolute atomic E-state index is 12.8. The van der Waals surface area contributed by atoms with Gasteiger partial charge < -0.3 is 5.73 Å². The Bertz CT molecular complexity index is 1080. The molecule has 3 rings (SSSR count). The van der Waals surface area contributed by atoms with Crippen LogP contribution in [0.4, 0.5) is 13.2 Å². The molecule has 1 aromatic heterocycles. The van der Waals surface area contributed by atoms with E-state index in [1.807, 2.05) is 6.07 Å². The smallest absolute Gasteiger partial charge is 0.366 e. The van der Waals surface area contributed by atoms with Crippen LogP contribution in [0.15, 0.2) is 42.5 Å². The van der Waals surface area contributed by atoms with Crippen LogP contribution in [-0.4, -0.2) is 16.7 Å². The number of rotatable bonds is 4. The van der Waals surface area contributed by atoms with Gasteiger partial charge in [-0.25, -0.2) is 4.98 Å². The summed E-state index contributed by atoms with van der Waals surface area (Å²) in [5.41, 5.74) is 4.73. The van der Waals surface area contributed by atoms with Gasteiger partial charge in [-0.1, -0.05) is 12.1 Å². The zero-order valence-electron chi connectivity index (χ0n) is 13.4. The van der Waals surface area contributed by atoms with Crippen LogP contribution < -0.4 is 5.73 Å². The molecule has 3 aromatic rings. The number of aromatic nitrogens is 1. The molecular formula is C18H10F3N3O2S. The maximum Gasteiger partial charge on any atom is 0.416 e. The molecule has 1 heterocycles. The number of carbonyl (C=O) groups excluding carboxylic acids is 2. The number of nitrogens with two attached hydrogens (primary N) is 1. The number of carbonyl (C=O) groups is 2. The molecule has 0 radical (unpaired) electrons. The van der Waals surface area contributed by atoms with E-state index in [4.69, 9.17) is 5.73 Å². The number of hydrogen-bond acceptors (Lipinski definition) is 5. The number of ketones is 1. The fourth-order valence-electron chi connectivity index (χ4n) is 2.44. The lowest BCUT2D eigenvalue weighted by Gasteiger charge is -2.05. The van der Waals surface area contributed by atoms with Gasteiger partial charge in [-0.3, -0.25) is 9.59 Å². The van der Waals surface area contributed by atoms with E-state index >= 15 is 0 Å². The number of halogens is 3. The van der Waals surface area contributed by atoms with Crippen molar-refractivity contribution >= 4 is 33.2 Å². The maximum atomic E-state index is 12.8. The fourth-order valence-corrected chi connectivity index (χ4v) is 3.43. The van der Waals surface area contributed by atoms with Gasteiger partial charge in [0.15, 0.2) is 11.7 Å². The molecule has 2 N–H and O–H groups in total. The number of nitrogens with zero attached hydrogens (tertiary/aromatic N) is 2. The number of primary amides is 1. The van der Waals surface area contributed by atoms with Crippen LogP contribution in [0.25, 0.3) is 10.2 Å². The summed E-state index contributed by atoms with van der Waals surface area (Å²) in [6.45, 7) is 0. The van der Waals surface area contributed by atoms with Crippen molar-refractivity contribution in [3.05, 3.63) is 64.2 Å². The molecule has 0 saturated carbocycles. The van der Waals surface area contributed by atoms with Crippen LogP contribution in [0, 0.1) is 11.3 Å². The molecule has 0 aliphatic heterocycles. The summed E-state index contributed by atoms with van der Waals surface area (Å²) in [5.74, 6) is -2.49. The van der Waals surface area contributed by atoms with Gasteiger partial charge in [0, 0.05) is 11.1 Å². The largest absolute Gasteiger partial charge is 0.416 e. The Labute approximate surface area is 154 Å². The highest BCUT2D eigenvalue weighted by Crippen LogP contribution is 2.35. The summed E-state index contributed by atoms with van der Waals surface area (Å²) in [4.78, 5) is 27.7. The number of nitriles is 1. The molecule has 5 nitrogen and oxygen atoms in total. The van der Waals surface area contributed by atoms with Crippen molar-refractivity contribution in [3.63, 3.8) is 0 Å². The summed E-state index contributed by atoms with van der Waals surface area (Å²) < 4.78 is 38.9. The zero-order valence-corrected chi connectivity index (χ0v) is 14.3. The molecule has 1 atom stereocenters. The third-order valence-corrected chi connectivity index (χ3v) is 4.92. The van der Waals surface area contributed by atoms with Gasteiger partial charge in [0.2, 0.25) is 5.91 Å². The first-order chi connectivity index (χ1) is 12.7. The first-order valence-corrected chi connectivity index (χ1v) is 8.33. The number of amides is 1. The van der Waals surface area contributed by atoms with Crippen LogP contribution in [0.5, 0.6) is 0 Å². The van der Waals surface area contributed by atoms with Crippen molar-refractivity contribution in [2.75, 3.05) is 0 Å². The van der Waals surface area contributed by atoms with Crippen molar-refractivity contribution in [3.8, 4) is 6.07 Å². The minimum absolute atomic E-state index is 0.0713. The van der Waals surface area contributed by atoms with Crippen molar-refractivity contribution in [2.45, 2.75) is 12.1 Å². The third-order valence-electron chi connectivity index (χ3n) is 3.82. The van der Waals surface area contributed by atoms with Crippen LogP contribution in [0.1, 0.15) is 37.2 Å². The number of fused-ring (bicyclic) bond motifs is 1. The number of thiazole rings is 1. The Morgan fingerprint density at radius 1 is 1.11 bits per heavy atom. The molecule has 0 aliphatic rings. The van der Waals surface area contributed by atoms with Gasteiger partial charge in [0.05, 0.1) is 21.8 Å². The zero-order chi connectivity index (χ0) is 19.8. The second-order valence-electron chi connectivity index (χ2n) is 5.60. The van der Waals surface area contributed by atoms with Gasteiger partial charge in [0.25, 0.3) is 0 Å². The molecule has 9 heteroatoms. The minimum atomic E-state index is -4.51. The highest BCUT2D eigenvalue weighted by atomic mass is 32.1. The summed E-state index contributed by atoms with van der Waals surface area (Å²) >= 11 is 0.984. The lowest BCUT2D eigenvalue weighted by Crippen LogP contribution is -2.13. The molecule has 27 heavy (non-hydrogen) atoms. The molecule has 1 amide bonds. The Hall–Kier alpha value is -3.25. The van der Waals surface area contributed by atoms with Crippen LogP contribution in [-0.2, 0) is 6.18 Å². The van der Waals surface area contributed by atoms with Crippen LogP contribution in [0.2, 0.25) is 0 Å². The Morgan fingerprint density at radius 3 is 2.30 bits per heavy atom. The van der Waals surface area contributed by atoms with E-state index in [1.54, 1.807) is 0 Å². The van der Waals surface area contributed by atoms with Crippen LogP contribution >= 0.6 is 11.3 Å². The Morgan fingerprint density at radius 2 is 1.74 bits per heavy atom. The summed E-state index contributed by atoms with van der Waals surface area (Å²) in [5, 5.41) is 9.51. The normalized spacial score (nSPS) is 12.5. The fraction of sp³-hybridized carbons (Fsp3) is 0.111. The predicted molar refractivity (Wildman–Crippen MR) is 92.3 cm³/mol. The predicted octanol–water partition coefficient (Wildman–Crippen LogP) is 3.90. The first-order valence-electron chi connectivity index (χ1n) is 7.52. The van der Waals surface area contributed by atoms with E-state index < -0.39 is 29.3 Å². The Kier molecular flexibility index (Phi) is 4.68. The third kappa shape index (κ3) is 3.66. The standard InChI is InChI=1S/C18H10F3N3O2S/c19-18(20,21)11-5-6-14-13(7-11)24-17(27-14)12(8-22)15(25)9-1-3-10(4-2-9)16(23)26/h1-7,12H,(H2,23,26)/t12-/m0/s1. The number of benzene rings is 2. The van der Waals surface area contributed by atoms with E-state index in [1.165, 1.54) is 30.3 Å². The monoisotopic (exact) mass is 389 g/mol. The summed E-state index contributed by atoms with van der Waals surface area (Å²) in [6, 6.07) is 10.4. The van der Waals surface area contributed by atoms with Crippen molar-refractivity contribution in [1.29, 1.82) is 5.26 Å². The van der Waals surface area contributed by atoms with E-state index in [2.05, 4.69) is 4.98 Å². The molecule has 0 aliphatic carbocycles. The van der Waals surface area contributed by atoms with Crippen molar-refractivity contribution in [1.82, 2.24) is 4.98 Å². The molecule has 136 valence electrons. The lowest BCUT2D eigenvalue weighted by molar-refractivity contribution is -0.137. The van der Waals surface area contributed by atoms with E-state index in [0.717, 1.165) is 23.5 Å². The van der Waals surface area contributed by atoms with Gasteiger partial charge in [-0.15, -0.1) is 11.3 Å². The van der Waals surface area contributed by atoms with Gasteiger partial charge in [-0.2, -0.15) is 18.4 Å². The second-order valence-corrected chi connectivity index (χ2v) is 6.66. The highest BCUT2D eigenvalue weighted by Gasteiger charge is 2.31. The molecule has 0 fully saturated rings. The Balaban J connectivity index is 1.96. The molecule has 0 bridgehead atoms.